The molecule has 8 rings (SSSR count). The summed E-state index contributed by atoms with van der Waals surface area (Å²) in [5, 5.41) is 24.0. The van der Waals surface area contributed by atoms with Crippen LogP contribution in [-0.2, 0) is 0 Å². The van der Waals surface area contributed by atoms with Gasteiger partial charge in [0.25, 0.3) is 0 Å². The Morgan fingerprint density at radius 2 is 0.976 bits per heavy atom. The van der Waals surface area contributed by atoms with Gasteiger partial charge in [0.15, 0.2) is 0 Å². The van der Waals surface area contributed by atoms with Crippen molar-refractivity contribution in [3.05, 3.63) is 132 Å². The monoisotopic (exact) mass is 552 g/mol. The lowest BCUT2D eigenvalue weighted by atomic mass is 9.91. The summed E-state index contributed by atoms with van der Waals surface area (Å²) in [5.74, 6) is 0. The summed E-state index contributed by atoms with van der Waals surface area (Å²) >= 11 is 1.81. The predicted octanol–water partition coefficient (Wildman–Crippen LogP) is 10.7. The first-order valence-corrected chi connectivity index (χ1v) is 14.4. The molecule has 8 aromatic rings. The number of hydrogen-bond acceptors (Lipinski definition) is 4. The van der Waals surface area contributed by atoms with Gasteiger partial charge >= 0.3 is 0 Å². The third-order valence-corrected chi connectivity index (χ3v) is 9.03. The largest absolute Gasteiger partial charge is 0.456 e. The Kier molecular flexibility index (Phi) is 5.44. The van der Waals surface area contributed by atoms with E-state index in [4.69, 9.17) is 4.42 Å². The minimum atomic E-state index is 0.466. The third-order valence-electron chi connectivity index (χ3n) is 7.88. The van der Waals surface area contributed by atoms with E-state index in [1.165, 1.54) is 20.2 Å². The number of nitrogens with zero attached hydrogens (tertiary/aromatic N) is 2. The van der Waals surface area contributed by atoms with Gasteiger partial charge in [-0.1, -0.05) is 48.5 Å². The van der Waals surface area contributed by atoms with Crippen LogP contribution in [0.3, 0.4) is 0 Å². The molecule has 0 N–H and O–H groups in total. The van der Waals surface area contributed by atoms with E-state index in [0.29, 0.717) is 11.1 Å². The van der Waals surface area contributed by atoms with Gasteiger partial charge < -0.3 is 4.42 Å². The van der Waals surface area contributed by atoms with Gasteiger partial charge in [0.2, 0.25) is 0 Å². The molecule has 0 atom stereocenters. The summed E-state index contributed by atoms with van der Waals surface area (Å²) in [6.07, 6.45) is 0. The number of nitriles is 2. The topological polar surface area (TPSA) is 60.7 Å². The van der Waals surface area contributed by atoms with Crippen LogP contribution in [0.25, 0.3) is 75.5 Å². The smallest absolute Gasteiger partial charge is 0.135 e. The highest BCUT2D eigenvalue weighted by atomic mass is 32.1. The Balaban J connectivity index is 1.37. The van der Waals surface area contributed by atoms with E-state index in [1.54, 1.807) is 17.4 Å². The van der Waals surface area contributed by atoms with Crippen LogP contribution in [0.5, 0.6) is 0 Å². The Bertz CT molecular complexity index is 2280. The molecule has 0 unspecified atom stereocenters. The minimum Gasteiger partial charge on any atom is -0.456 e. The van der Waals surface area contributed by atoms with Crippen molar-refractivity contribution in [3.63, 3.8) is 0 Å². The normalized spacial score (nSPS) is 11.3. The number of hydrogen-bond donors (Lipinski definition) is 0. The van der Waals surface area contributed by atoms with Crippen LogP contribution in [0, 0.1) is 22.7 Å². The maximum absolute atomic E-state index is 9.66. The zero-order chi connectivity index (χ0) is 28.2. The van der Waals surface area contributed by atoms with Crippen molar-refractivity contribution in [1.29, 1.82) is 10.5 Å². The predicted molar refractivity (Wildman–Crippen MR) is 172 cm³/mol. The molecule has 0 spiro atoms. The molecule has 194 valence electrons. The van der Waals surface area contributed by atoms with Crippen molar-refractivity contribution in [1.82, 2.24) is 0 Å². The van der Waals surface area contributed by atoms with Gasteiger partial charge in [-0.05, 0) is 106 Å². The standard InChI is InChI=1S/C38H20N2OS/c39-21-23-13-24(22-40)15-27(14-23)30-17-28(25-9-11-36-33(19-25)31-5-1-3-7-35(31)41-36)16-29(18-30)26-10-12-38-34(20-26)32-6-2-4-8-37(32)42-38/h1-20H. The lowest BCUT2D eigenvalue weighted by Crippen LogP contribution is -1.89. The first-order chi connectivity index (χ1) is 20.7. The summed E-state index contributed by atoms with van der Waals surface area (Å²) in [5.41, 5.74) is 8.73. The highest BCUT2D eigenvalue weighted by Gasteiger charge is 2.13. The van der Waals surface area contributed by atoms with Gasteiger partial charge in [-0.2, -0.15) is 10.5 Å². The molecule has 6 aromatic carbocycles. The molecule has 3 nitrogen and oxygen atoms in total. The number of furan rings is 1. The van der Waals surface area contributed by atoms with Crippen LogP contribution >= 0.6 is 11.3 Å². The molecule has 0 bridgehead atoms. The number of thiophene rings is 1. The number of benzene rings is 6. The molecule has 42 heavy (non-hydrogen) atoms. The summed E-state index contributed by atoms with van der Waals surface area (Å²) in [6.45, 7) is 0. The first kappa shape index (κ1) is 24.1. The molecule has 2 heterocycles. The van der Waals surface area contributed by atoms with Crippen molar-refractivity contribution in [2.75, 3.05) is 0 Å². The minimum absolute atomic E-state index is 0.466. The number of fused-ring (bicyclic) bond motifs is 6. The molecule has 0 fully saturated rings. The fraction of sp³-hybridized carbons (Fsp3) is 0. The fourth-order valence-corrected chi connectivity index (χ4v) is 6.95. The summed E-state index contributed by atoms with van der Waals surface area (Å²) in [6, 6.07) is 45.9. The van der Waals surface area contributed by atoms with Crippen LogP contribution in [0.2, 0.25) is 0 Å². The molecule has 0 aliphatic carbocycles. The van der Waals surface area contributed by atoms with Gasteiger partial charge in [0.05, 0.1) is 23.3 Å². The highest BCUT2D eigenvalue weighted by Crippen LogP contribution is 2.40. The molecule has 0 saturated carbocycles. The molecule has 2 aromatic heterocycles. The van der Waals surface area contributed by atoms with Crippen LogP contribution in [0.15, 0.2) is 126 Å². The molecule has 0 saturated heterocycles. The van der Waals surface area contributed by atoms with Gasteiger partial charge in [-0.25, -0.2) is 0 Å². The van der Waals surface area contributed by atoms with Crippen molar-refractivity contribution in [2.45, 2.75) is 0 Å². The first-order valence-electron chi connectivity index (χ1n) is 13.6. The summed E-state index contributed by atoms with van der Waals surface area (Å²) in [4.78, 5) is 0. The molecule has 0 radical (unpaired) electrons. The van der Waals surface area contributed by atoms with Crippen LogP contribution in [-0.4, -0.2) is 0 Å². The van der Waals surface area contributed by atoms with E-state index in [2.05, 4.69) is 91.0 Å². The molecule has 0 aliphatic heterocycles. The maximum Gasteiger partial charge on any atom is 0.135 e. The van der Waals surface area contributed by atoms with Crippen LogP contribution in [0.1, 0.15) is 11.1 Å². The number of rotatable bonds is 3. The van der Waals surface area contributed by atoms with Crippen LogP contribution < -0.4 is 0 Å². The Hall–Kier alpha value is -5.68. The van der Waals surface area contributed by atoms with E-state index in [1.807, 2.05) is 36.4 Å². The Morgan fingerprint density at radius 1 is 0.429 bits per heavy atom. The second kappa shape index (κ2) is 9.46. The second-order valence-corrected chi connectivity index (χ2v) is 11.5. The van der Waals surface area contributed by atoms with Crippen molar-refractivity contribution in [3.8, 4) is 45.5 Å². The average Bonchev–Trinajstić information content (AvgIpc) is 3.61. The van der Waals surface area contributed by atoms with Gasteiger partial charge in [0, 0.05) is 30.9 Å². The summed E-state index contributed by atoms with van der Waals surface area (Å²) < 4.78 is 8.62. The number of para-hydroxylation sites is 1. The molecule has 4 heteroatoms. The van der Waals surface area contributed by atoms with Crippen molar-refractivity contribution in [2.24, 2.45) is 0 Å². The van der Waals surface area contributed by atoms with Gasteiger partial charge in [-0.3, -0.25) is 0 Å². The average molecular weight is 553 g/mol. The van der Waals surface area contributed by atoms with Crippen molar-refractivity contribution < 1.29 is 4.42 Å². The van der Waals surface area contributed by atoms with E-state index in [0.717, 1.165) is 55.3 Å². The maximum atomic E-state index is 9.66. The third kappa shape index (κ3) is 3.94. The van der Waals surface area contributed by atoms with Gasteiger partial charge in [0.1, 0.15) is 11.2 Å². The van der Waals surface area contributed by atoms with Crippen LogP contribution in [0.4, 0.5) is 0 Å². The van der Waals surface area contributed by atoms with E-state index < -0.39 is 0 Å². The molecular weight excluding hydrogens is 532 g/mol. The van der Waals surface area contributed by atoms with Gasteiger partial charge in [-0.15, -0.1) is 11.3 Å². The van der Waals surface area contributed by atoms with Crippen molar-refractivity contribution >= 4 is 53.4 Å². The fourth-order valence-electron chi connectivity index (χ4n) is 5.86. The molecule has 0 amide bonds. The lowest BCUT2D eigenvalue weighted by molar-refractivity contribution is 0.669. The van der Waals surface area contributed by atoms with E-state index >= 15 is 0 Å². The zero-order valence-corrected chi connectivity index (χ0v) is 23.1. The zero-order valence-electron chi connectivity index (χ0n) is 22.3. The Labute approximate surface area is 245 Å². The van der Waals surface area contributed by atoms with E-state index in [9.17, 15) is 10.5 Å². The lowest BCUT2D eigenvalue weighted by Gasteiger charge is -2.12. The highest BCUT2D eigenvalue weighted by molar-refractivity contribution is 7.25. The van der Waals surface area contributed by atoms with E-state index in [-0.39, 0.29) is 0 Å². The Morgan fingerprint density at radius 3 is 1.71 bits per heavy atom. The molecule has 0 aliphatic rings. The SMILES string of the molecule is N#Cc1cc(C#N)cc(-c2cc(-c3ccc4oc5ccccc5c4c3)cc(-c3ccc4sc5ccccc5c4c3)c2)c1. The quantitative estimate of drug-likeness (QED) is 0.219. The molecular formula is C38H20N2OS. The second-order valence-electron chi connectivity index (χ2n) is 10.4. The summed E-state index contributed by atoms with van der Waals surface area (Å²) in [7, 11) is 0.